The largest absolute Gasteiger partial charge is 0.466 e. The van der Waals surface area contributed by atoms with Crippen LogP contribution in [0.25, 0.3) is 6.08 Å². The van der Waals surface area contributed by atoms with Crippen LogP contribution in [0, 0.1) is 5.41 Å². The van der Waals surface area contributed by atoms with Gasteiger partial charge < -0.3 is 14.4 Å². The molecule has 2 fully saturated rings. The van der Waals surface area contributed by atoms with Crippen molar-refractivity contribution in [1.82, 2.24) is 9.80 Å². The van der Waals surface area contributed by atoms with Gasteiger partial charge in [0.2, 0.25) is 5.91 Å². The fraction of sp³-hybridized carbons (Fsp3) is 0.500. The van der Waals surface area contributed by atoms with E-state index in [2.05, 4.69) is 0 Å². The molecule has 29 heavy (non-hydrogen) atoms. The van der Waals surface area contributed by atoms with Crippen molar-refractivity contribution in [3.05, 3.63) is 42.0 Å². The number of cyclic esters (lactones) is 1. The van der Waals surface area contributed by atoms with E-state index in [1.807, 2.05) is 42.5 Å². The normalized spacial score (nSPS) is 22.0. The topological polar surface area (TPSA) is 76.2 Å². The van der Waals surface area contributed by atoms with Crippen LogP contribution in [0.4, 0.5) is 4.79 Å². The molecule has 156 valence electrons. The van der Waals surface area contributed by atoms with E-state index in [1.54, 1.807) is 11.8 Å². The summed E-state index contributed by atoms with van der Waals surface area (Å²) in [6, 6.07) is 9.88. The lowest BCUT2D eigenvalue weighted by molar-refractivity contribution is -0.160. The Hall–Kier alpha value is -2.83. The molecule has 0 aromatic heterocycles. The number of carbonyl (C=O) groups is 3. The Labute approximate surface area is 171 Å². The molecular formula is C22H28N2O5. The smallest absolute Gasteiger partial charge is 0.410 e. The molecule has 0 saturated carbocycles. The first-order valence-electron chi connectivity index (χ1n) is 10.1. The summed E-state index contributed by atoms with van der Waals surface area (Å²) >= 11 is 0. The van der Waals surface area contributed by atoms with Gasteiger partial charge in [-0.2, -0.15) is 0 Å². The number of ether oxygens (including phenoxy) is 2. The van der Waals surface area contributed by atoms with Crippen molar-refractivity contribution < 1.29 is 23.9 Å². The van der Waals surface area contributed by atoms with Crippen LogP contribution in [0.2, 0.25) is 0 Å². The lowest BCUT2D eigenvalue weighted by Crippen LogP contribution is -2.52. The number of esters is 1. The predicted octanol–water partition coefficient (Wildman–Crippen LogP) is 2.71. The van der Waals surface area contributed by atoms with Gasteiger partial charge in [0.25, 0.3) is 0 Å². The summed E-state index contributed by atoms with van der Waals surface area (Å²) in [4.78, 5) is 40.3. The van der Waals surface area contributed by atoms with Crippen LogP contribution >= 0.6 is 0 Å². The van der Waals surface area contributed by atoms with Gasteiger partial charge in [0, 0.05) is 13.1 Å². The van der Waals surface area contributed by atoms with Crippen molar-refractivity contribution in [2.45, 2.75) is 26.2 Å². The summed E-state index contributed by atoms with van der Waals surface area (Å²) in [6.07, 6.45) is 5.39. The van der Waals surface area contributed by atoms with Crippen molar-refractivity contribution in [3.63, 3.8) is 0 Å². The minimum absolute atomic E-state index is 0.0163. The number of hydrogen-bond donors (Lipinski definition) is 0. The van der Waals surface area contributed by atoms with Gasteiger partial charge in [-0.1, -0.05) is 42.5 Å². The zero-order valence-electron chi connectivity index (χ0n) is 16.8. The fourth-order valence-electron chi connectivity index (χ4n) is 3.86. The van der Waals surface area contributed by atoms with E-state index in [0.717, 1.165) is 5.56 Å². The molecule has 2 aliphatic rings. The van der Waals surface area contributed by atoms with E-state index < -0.39 is 11.5 Å². The Kier molecular flexibility index (Phi) is 6.90. The number of nitrogens with zero attached hydrogens (tertiary/aromatic N) is 2. The summed E-state index contributed by atoms with van der Waals surface area (Å²) in [6.45, 7) is 3.67. The number of carbonyl (C=O) groups excluding carboxylic acids is 3. The molecule has 2 amide bonds. The van der Waals surface area contributed by atoms with Gasteiger partial charge in [-0.15, -0.1) is 0 Å². The number of piperidine rings is 1. The maximum absolute atomic E-state index is 12.8. The van der Waals surface area contributed by atoms with Crippen molar-refractivity contribution in [2.24, 2.45) is 5.41 Å². The lowest BCUT2D eigenvalue weighted by Gasteiger charge is -2.40. The molecule has 0 N–H and O–H groups in total. The third-order valence-electron chi connectivity index (χ3n) is 5.43. The molecule has 0 radical (unpaired) electrons. The number of likely N-dealkylation sites (tertiary alicyclic amines) is 1. The zero-order valence-corrected chi connectivity index (χ0v) is 16.8. The monoisotopic (exact) mass is 400 g/mol. The van der Waals surface area contributed by atoms with Crippen LogP contribution in [0.5, 0.6) is 0 Å². The van der Waals surface area contributed by atoms with Gasteiger partial charge >= 0.3 is 12.1 Å². The highest BCUT2D eigenvalue weighted by Crippen LogP contribution is 2.36. The number of rotatable bonds is 7. The summed E-state index contributed by atoms with van der Waals surface area (Å²) in [5, 5.41) is 0. The fourth-order valence-corrected chi connectivity index (χ4v) is 3.86. The first-order chi connectivity index (χ1) is 14.0. The van der Waals surface area contributed by atoms with E-state index in [0.29, 0.717) is 52.1 Å². The number of amides is 2. The Balaban J connectivity index is 1.71. The first-order valence-corrected chi connectivity index (χ1v) is 10.1. The molecule has 7 heteroatoms. The number of benzene rings is 1. The highest BCUT2D eigenvalue weighted by molar-refractivity contribution is 5.84. The summed E-state index contributed by atoms with van der Waals surface area (Å²) in [5.74, 6) is -0.431. The average molecular weight is 400 g/mol. The zero-order chi connectivity index (χ0) is 20.7. The molecule has 1 aromatic carbocycles. The molecular weight excluding hydrogens is 372 g/mol. The first kappa shape index (κ1) is 20.9. The molecule has 3 rings (SSSR count). The van der Waals surface area contributed by atoms with Crippen LogP contribution in [-0.4, -0.2) is 67.2 Å². The van der Waals surface area contributed by atoms with Crippen molar-refractivity contribution in [1.29, 1.82) is 0 Å². The molecule has 0 bridgehead atoms. The van der Waals surface area contributed by atoms with E-state index >= 15 is 0 Å². The lowest BCUT2D eigenvalue weighted by atomic mass is 9.76. The quantitative estimate of drug-likeness (QED) is 0.658. The Morgan fingerprint density at radius 2 is 2.03 bits per heavy atom. The third kappa shape index (κ3) is 5.16. The summed E-state index contributed by atoms with van der Waals surface area (Å²) in [5.41, 5.74) is 0.295. The van der Waals surface area contributed by atoms with Gasteiger partial charge in [-0.3, -0.25) is 14.5 Å². The maximum Gasteiger partial charge on any atom is 0.410 e. The van der Waals surface area contributed by atoms with Crippen molar-refractivity contribution in [2.75, 3.05) is 39.4 Å². The number of hydrogen-bond acceptors (Lipinski definition) is 5. The van der Waals surface area contributed by atoms with E-state index in [-0.39, 0.29) is 18.4 Å². The van der Waals surface area contributed by atoms with Gasteiger partial charge in [0.15, 0.2) is 0 Å². The Bertz CT molecular complexity index is 764. The van der Waals surface area contributed by atoms with E-state index in [1.165, 1.54) is 4.90 Å². The second-order valence-electron chi connectivity index (χ2n) is 7.47. The molecule has 7 nitrogen and oxygen atoms in total. The molecule has 0 unspecified atom stereocenters. The standard InChI is InChI=1S/C22H28N2O5/c1-2-28-20(26)22(11-6-10-18-8-4-3-5-9-18)12-7-13-24(17-22)19(25)16-23-14-15-29-21(23)27/h3-6,8-10H,2,7,11-17H2,1H3/b10-6+/t22-/m0/s1. The molecule has 2 aliphatic heterocycles. The summed E-state index contributed by atoms with van der Waals surface area (Å²) in [7, 11) is 0. The molecule has 2 saturated heterocycles. The highest BCUT2D eigenvalue weighted by Gasteiger charge is 2.44. The van der Waals surface area contributed by atoms with Crippen molar-refractivity contribution in [3.8, 4) is 0 Å². The van der Waals surface area contributed by atoms with Crippen LogP contribution < -0.4 is 0 Å². The van der Waals surface area contributed by atoms with Crippen LogP contribution in [0.15, 0.2) is 36.4 Å². The second-order valence-corrected chi connectivity index (χ2v) is 7.47. The minimum atomic E-state index is -0.763. The molecule has 1 atom stereocenters. The van der Waals surface area contributed by atoms with Gasteiger partial charge in [0.05, 0.1) is 18.6 Å². The van der Waals surface area contributed by atoms with Gasteiger partial charge in [-0.05, 0) is 31.7 Å². The van der Waals surface area contributed by atoms with Gasteiger partial charge in [-0.25, -0.2) is 4.79 Å². The molecule has 2 heterocycles. The maximum atomic E-state index is 12.8. The highest BCUT2D eigenvalue weighted by atomic mass is 16.6. The van der Waals surface area contributed by atoms with Crippen LogP contribution in [0.3, 0.4) is 0 Å². The SMILES string of the molecule is CCOC(=O)[C@@]1(C/C=C/c2ccccc2)CCCN(C(=O)CN2CCOC2=O)C1. The van der Waals surface area contributed by atoms with E-state index in [9.17, 15) is 14.4 Å². The van der Waals surface area contributed by atoms with E-state index in [4.69, 9.17) is 9.47 Å². The van der Waals surface area contributed by atoms with Crippen molar-refractivity contribution >= 4 is 24.0 Å². The third-order valence-corrected chi connectivity index (χ3v) is 5.43. The molecule has 1 aromatic rings. The summed E-state index contributed by atoms with van der Waals surface area (Å²) < 4.78 is 10.3. The van der Waals surface area contributed by atoms with Crippen LogP contribution in [-0.2, 0) is 19.1 Å². The Morgan fingerprint density at radius 1 is 1.24 bits per heavy atom. The second kappa shape index (κ2) is 9.58. The number of allylic oxidation sites excluding steroid dienone is 1. The van der Waals surface area contributed by atoms with Gasteiger partial charge in [0.1, 0.15) is 13.2 Å². The molecule has 0 spiro atoms. The predicted molar refractivity (Wildman–Crippen MR) is 108 cm³/mol. The average Bonchev–Trinajstić information content (AvgIpc) is 3.13. The van der Waals surface area contributed by atoms with Crippen LogP contribution in [0.1, 0.15) is 31.7 Å². The molecule has 0 aliphatic carbocycles. The minimum Gasteiger partial charge on any atom is -0.466 e. The Morgan fingerprint density at radius 3 is 2.72 bits per heavy atom.